The molecule has 1 saturated heterocycles. The molecule has 10 heteroatoms. The van der Waals surface area contributed by atoms with Crippen molar-refractivity contribution < 1.29 is 17.9 Å². The van der Waals surface area contributed by atoms with Crippen LogP contribution in [-0.2, 0) is 6.54 Å². The minimum absolute atomic E-state index is 0. The van der Waals surface area contributed by atoms with Gasteiger partial charge in [0.25, 0.3) is 0 Å². The van der Waals surface area contributed by atoms with Crippen LogP contribution in [0.15, 0.2) is 29.3 Å². The van der Waals surface area contributed by atoms with Crippen molar-refractivity contribution in [3.05, 3.63) is 29.8 Å². The number of hydrogen-bond donors (Lipinski definition) is 2. The van der Waals surface area contributed by atoms with Crippen LogP contribution in [0.4, 0.5) is 13.2 Å². The lowest BCUT2D eigenvalue weighted by molar-refractivity contribution is -0.274. The molecule has 0 unspecified atom stereocenters. The number of likely N-dealkylation sites (N-methyl/N-ethyl adjacent to an activating group) is 1. The number of nitrogens with two attached hydrogens (primary N) is 1. The van der Waals surface area contributed by atoms with Crippen LogP contribution in [0.5, 0.6) is 5.75 Å². The third-order valence-corrected chi connectivity index (χ3v) is 4.14. The lowest BCUT2D eigenvalue weighted by Crippen LogP contribution is -2.39. The van der Waals surface area contributed by atoms with Gasteiger partial charge < -0.3 is 25.6 Å². The maximum atomic E-state index is 12.1. The van der Waals surface area contributed by atoms with Gasteiger partial charge in [0, 0.05) is 26.2 Å². The highest BCUT2D eigenvalue weighted by atomic mass is 127. The summed E-state index contributed by atoms with van der Waals surface area (Å²) < 4.78 is 40.2. The minimum atomic E-state index is -4.68. The van der Waals surface area contributed by atoms with Crippen molar-refractivity contribution >= 4 is 29.9 Å². The Morgan fingerprint density at radius 1 is 1.19 bits per heavy atom. The Hall–Kier alpha value is -1.27. The fourth-order valence-corrected chi connectivity index (χ4v) is 2.69. The predicted molar refractivity (Wildman–Crippen MR) is 110 cm³/mol. The molecule has 6 nitrogen and oxygen atoms in total. The number of nitrogens with one attached hydrogen (secondary N) is 1. The molecule has 154 valence electrons. The highest BCUT2D eigenvalue weighted by molar-refractivity contribution is 14.0. The third-order valence-electron chi connectivity index (χ3n) is 4.14. The third kappa shape index (κ3) is 10.0. The smallest absolute Gasteiger partial charge is 0.406 e. The van der Waals surface area contributed by atoms with E-state index in [-0.39, 0.29) is 29.7 Å². The zero-order valence-electron chi connectivity index (χ0n) is 15.3. The Morgan fingerprint density at radius 2 is 1.89 bits per heavy atom. The van der Waals surface area contributed by atoms with E-state index in [1.807, 2.05) is 0 Å². The van der Waals surface area contributed by atoms with Crippen molar-refractivity contribution in [2.45, 2.75) is 19.3 Å². The first-order valence-electron chi connectivity index (χ1n) is 8.61. The van der Waals surface area contributed by atoms with E-state index in [4.69, 9.17) is 5.73 Å². The molecular weight excluding hydrogens is 474 g/mol. The van der Waals surface area contributed by atoms with Crippen LogP contribution in [0.25, 0.3) is 0 Å². The summed E-state index contributed by atoms with van der Waals surface area (Å²) in [6, 6.07) is 5.59. The summed E-state index contributed by atoms with van der Waals surface area (Å²) in [6.45, 7) is 6.21. The highest BCUT2D eigenvalue weighted by Crippen LogP contribution is 2.22. The molecule has 1 heterocycles. The van der Waals surface area contributed by atoms with Gasteiger partial charge in [0.2, 0.25) is 0 Å². The zero-order chi connectivity index (χ0) is 19.0. The van der Waals surface area contributed by atoms with Gasteiger partial charge in [0.1, 0.15) is 5.75 Å². The molecule has 0 aromatic heterocycles. The average Bonchev–Trinajstić information content (AvgIpc) is 2.77. The standard InChI is InChI=1S/C17H26F3N5O.HI/c1-24-8-2-9-25(12-11-24)10-7-22-16(21)23-13-14-3-5-15(6-4-14)26-17(18,19)20;/h3-6H,2,7-13H2,1H3,(H3,21,22,23);1H. The number of benzene rings is 1. The number of hydrogen-bond acceptors (Lipinski definition) is 4. The number of halogens is 4. The van der Waals surface area contributed by atoms with Crippen LogP contribution >= 0.6 is 24.0 Å². The van der Waals surface area contributed by atoms with E-state index < -0.39 is 6.36 Å². The van der Waals surface area contributed by atoms with E-state index in [9.17, 15) is 13.2 Å². The van der Waals surface area contributed by atoms with Gasteiger partial charge >= 0.3 is 6.36 Å². The fraction of sp³-hybridized carbons (Fsp3) is 0.588. The van der Waals surface area contributed by atoms with Gasteiger partial charge in [-0.15, -0.1) is 37.1 Å². The first-order valence-corrected chi connectivity index (χ1v) is 8.61. The zero-order valence-corrected chi connectivity index (χ0v) is 17.7. The molecule has 1 aromatic rings. The molecule has 0 bridgehead atoms. The molecule has 0 spiro atoms. The van der Waals surface area contributed by atoms with Crippen LogP contribution in [0.1, 0.15) is 12.0 Å². The summed E-state index contributed by atoms with van der Waals surface area (Å²) in [4.78, 5) is 8.93. The molecule has 3 N–H and O–H groups in total. The molecule has 27 heavy (non-hydrogen) atoms. The molecule has 2 rings (SSSR count). The van der Waals surface area contributed by atoms with Gasteiger partial charge in [-0.2, -0.15) is 0 Å². The topological polar surface area (TPSA) is 66.1 Å². The van der Waals surface area contributed by atoms with Gasteiger partial charge in [-0.25, -0.2) is 4.99 Å². The summed E-state index contributed by atoms with van der Waals surface area (Å²) in [6.07, 6.45) is -3.52. The normalized spacial score (nSPS) is 17.1. The molecule has 1 fully saturated rings. The van der Waals surface area contributed by atoms with Gasteiger partial charge in [-0.05, 0) is 44.3 Å². The monoisotopic (exact) mass is 501 g/mol. The largest absolute Gasteiger partial charge is 0.573 e. The molecule has 1 aliphatic heterocycles. The first kappa shape index (κ1) is 23.8. The van der Waals surface area contributed by atoms with E-state index in [0.717, 1.165) is 44.7 Å². The van der Waals surface area contributed by atoms with Crippen molar-refractivity contribution in [2.75, 3.05) is 46.3 Å². The molecule has 0 atom stereocenters. The summed E-state index contributed by atoms with van der Waals surface area (Å²) >= 11 is 0. The Labute approximate surface area is 174 Å². The molecule has 1 aliphatic rings. The second kappa shape index (κ2) is 11.5. The SMILES string of the molecule is CN1CCCN(CCNC(N)=NCc2ccc(OC(F)(F)F)cc2)CC1.I. The molecule has 0 radical (unpaired) electrons. The molecule has 0 amide bonds. The summed E-state index contributed by atoms with van der Waals surface area (Å²) in [5, 5.41) is 3.07. The van der Waals surface area contributed by atoms with E-state index in [0.29, 0.717) is 19.0 Å². The van der Waals surface area contributed by atoms with Crippen molar-refractivity contribution in [3.63, 3.8) is 0 Å². The van der Waals surface area contributed by atoms with Crippen LogP contribution in [-0.4, -0.2) is 68.4 Å². The van der Waals surface area contributed by atoms with Crippen LogP contribution in [0, 0.1) is 0 Å². The second-order valence-corrected chi connectivity index (χ2v) is 6.32. The Bertz CT molecular complexity index is 583. The van der Waals surface area contributed by atoms with Crippen molar-refractivity contribution in [1.29, 1.82) is 0 Å². The van der Waals surface area contributed by atoms with Gasteiger partial charge in [-0.3, -0.25) is 0 Å². The van der Waals surface area contributed by atoms with Crippen LogP contribution in [0.2, 0.25) is 0 Å². The van der Waals surface area contributed by atoms with E-state index >= 15 is 0 Å². The summed E-state index contributed by atoms with van der Waals surface area (Å²) in [5.41, 5.74) is 6.59. The Kier molecular flexibility index (Phi) is 10.2. The molecule has 1 aromatic carbocycles. The first-order chi connectivity index (χ1) is 12.3. The number of alkyl halides is 3. The van der Waals surface area contributed by atoms with Gasteiger partial charge in [-0.1, -0.05) is 12.1 Å². The van der Waals surface area contributed by atoms with E-state index in [1.54, 1.807) is 0 Å². The number of aliphatic imine (C=N–C) groups is 1. The molecular formula is C17H27F3IN5O. The number of guanidine groups is 1. The Balaban J connectivity index is 0.00000364. The van der Waals surface area contributed by atoms with E-state index in [1.165, 1.54) is 24.3 Å². The van der Waals surface area contributed by atoms with Crippen molar-refractivity contribution in [2.24, 2.45) is 10.7 Å². The highest BCUT2D eigenvalue weighted by Gasteiger charge is 2.30. The lowest BCUT2D eigenvalue weighted by atomic mass is 10.2. The minimum Gasteiger partial charge on any atom is -0.406 e. The maximum absolute atomic E-state index is 12.1. The molecule has 0 aliphatic carbocycles. The summed E-state index contributed by atoms with van der Waals surface area (Å²) in [7, 11) is 2.13. The predicted octanol–water partition coefficient (Wildman–Crippen LogP) is 2.24. The van der Waals surface area contributed by atoms with Crippen LogP contribution < -0.4 is 15.8 Å². The molecule has 0 saturated carbocycles. The van der Waals surface area contributed by atoms with Crippen molar-refractivity contribution in [1.82, 2.24) is 15.1 Å². The summed E-state index contributed by atoms with van der Waals surface area (Å²) in [5.74, 6) is 0.0759. The lowest BCUT2D eigenvalue weighted by Gasteiger charge is -2.20. The number of nitrogens with zero attached hydrogens (tertiary/aromatic N) is 3. The van der Waals surface area contributed by atoms with Gasteiger partial charge in [0.15, 0.2) is 5.96 Å². The Morgan fingerprint density at radius 3 is 2.56 bits per heavy atom. The number of ether oxygens (including phenoxy) is 1. The fourth-order valence-electron chi connectivity index (χ4n) is 2.69. The van der Waals surface area contributed by atoms with Crippen LogP contribution in [0.3, 0.4) is 0 Å². The average molecular weight is 501 g/mol. The van der Waals surface area contributed by atoms with E-state index in [2.05, 4.69) is 31.9 Å². The van der Waals surface area contributed by atoms with Gasteiger partial charge in [0.05, 0.1) is 6.54 Å². The quantitative estimate of drug-likeness (QED) is 0.356. The second-order valence-electron chi connectivity index (χ2n) is 6.32. The number of rotatable bonds is 6. The maximum Gasteiger partial charge on any atom is 0.573 e. The van der Waals surface area contributed by atoms with Crippen molar-refractivity contribution in [3.8, 4) is 5.75 Å².